The molecule has 1 saturated heterocycles. The summed E-state index contributed by atoms with van der Waals surface area (Å²) in [4.78, 5) is 15.0. The van der Waals surface area contributed by atoms with E-state index in [1.54, 1.807) is 24.3 Å². The molecule has 1 aromatic carbocycles. The molecule has 1 aromatic heterocycles. The molecule has 0 spiro atoms. The molecule has 2 N–H and O–H groups in total. The SMILES string of the molecule is CC(C)N1CCC(NC(=O)c2ccc(S(=O)(=O)NCc3ccco3)cc2)CC1. The Labute approximate surface area is 166 Å². The largest absolute Gasteiger partial charge is 0.468 e. The van der Waals surface area contributed by atoms with Crippen molar-refractivity contribution in [2.75, 3.05) is 13.1 Å². The van der Waals surface area contributed by atoms with Crippen molar-refractivity contribution in [3.8, 4) is 0 Å². The molecule has 1 aliphatic rings. The second kappa shape index (κ2) is 8.89. The number of rotatable bonds is 7. The van der Waals surface area contributed by atoms with Crippen molar-refractivity contribution in [2.24, 2.45) is 0 Å². The summed E-state index contributed by atoms with van der Waals surface area (Å²) >= 11 is 0. The molecule has 1 aliphatic heterocycles. The van der Waals surface area contributed by atoms with Crippen LogP contribution in [0.3, 0.4) is 0 Å². The number of nitrogens with zero attached hydrogens (tertiary/aromatic N) is 1. The fraction of sp³-hybridized carbons (Fsp3) is 0.450. The molecule has 7 nitrogen and oxygen atoms in total. The zero-order valence-electron chi connectivity index (χ0n) is 16.2. The van der Waals surface area contributed by atoms with E-state index in [9.17, 15) is 13.2 Å². The van der Waals surface area contributed by atoms with Gasteiger partial charge in [0.05, 0.1) is 17.7 Å². The molecule has 1 fully saturated rings. The maximum Gasteiger partial charge on any atom is 0.251 e. The molecule has 2 aromatic rings. The average Bonchev–Trinajstić information content (AvgIpc) is 3.21. The Balaban J connectivity index is 1.55. The van der Waals surface area contributed by atoms with Crippen LogP contribution in [-0.4, -0.2) is 44.4 Å². The Bertz CT molecular complexity index is 869. The molecule has 3 rings (SSSR count). The predicted octanol–water partition coefficient (Wildman–Crippen LogP) is 2.36. The van der Waals surface area contributed by atoms with E-state index in [2.05, 4.69) is 28.8 Å². The highest BCUT2D eigenvalue weighted by Crippen LogP contribution is 2.15. The normalized spacial score (nSPS) is 16.4. The van der Waals surface area contributed by atoms with Crippen molar-refractivity contribution in [3.63, 3.8) is 0 Å². The Kier molecular flexibility index (Phi) is 6.53. The van der Waals surface area contributed by atoms with E-state index in [0.717, 1.165) is 25.9 Å². The molecule has 1 amide bonds. The summed E-state index contributed by atoms with van der Waals surface area (Å²) < 4.78 is 32.3. The number of hydrogen-bond donors (Lipinski definition) is 2. The molecule has 0 unspecified atom stereocenters. The van der Waals surface area contributed by atoms with Gasteiger partial charge in [-0.15, -0.1) is 0 Å². The van der Waals surface area contributed by atoms with E-state index >= 15 is 0 Å². The van der Waals surface area contributed by atoms with E-state index in [4.69, 9.17) is 4.42 Å². The number of piperidine rings is 1. The third-order valence-corrected chi connectivity index (χ3v) is 6.46. The van der Waals surface area contributed by atoms with Gasteiger partial charge in [0.15, 0.2) is 0 Å². The summed E-state index contributed by atoms with van der Waals surface area (Å²) in [5, 5.41) is 3.05. The number of carbonyl (C=O) groups is 1. The summed E-state index contributed by atoms with van der Waals surface area (Å²) in [5.41, 5.74) is 0.455. The minimum Gasteiger partial charge on any atom is -0.468 e. The molecule has 2 heterocycles. The number of hydrogen-bond acceptors (Lipinski definition) is 5. The van der Waals surface area contributed by atoms with E-state index in [0.29, 0.717) is 17.4 Å². The number of sulfonamides is 1. The number of nitrogens with one attached hydrogen (secondary N) is 2. The molecule has 0 atom stereocenters. The molecule has 0 aliphatic carbocycles. The number of carbonyl (C=O) groups excluding carboxylic acids is 1. The summed E-state index contributed by atoms with van der Waals surface area (Å²) in [7, 11) is -3.67. The third kappa shape index (κ3) is 5.21. The van der Waals surface area contributed by atoms with Crippen molar-refractivity contribution in [1.82, 2.24) is 14.9 Å². The standard InChI is InChI=1S/C20H27N3O4S/c1-15(2)23-11-9-17(10-12-23)22-20(24)16-5-7-19(8-6-16)28(25,26)21-14-18-4-3-13-27-18/h3-8,13,15,17,21H,9-12,14H2,1-2H3,(H,22,24). The van der Waals surface area contributed by atoms with Crippen LogP contribution in [0.2, 0.25) is 0 Å². The maximum absolute atomic E-state index is 12.5. The zero-order chi connectivity index (χ0) is 20.1. The first-order valence-corrected chi connectivity index (χ1v) is 11.0. The molecule has 0 saturated carbocycles. The van der Waals surface area contributed by atoms with Crippen LogP contribution < -0.4 is 10.0 Å². The Morgan fingerprint density at radius 1 is 1.18 bits per heavy atom. The zero-order valence-corrected chi connectivity index (χ0v) is 17.0. The van der Waals surface area contributed by atoms with Gasteiger partial charge in [0.1, 0.15) is 5.76 Å². The first kappa shape index (κ1) is 20.6. The molecular formula is C20H27N3O4S. The predicted molar refractivity (Wildman–Crippen MR) is 106 cm³/mol. The Morgan fingerprint density at radius 2 is 1.86 bits per heavy atom. The quantitative estimate of drug-likeness (QED) is 0.738. The lowest BCUT2D eigenvalue weighted by atomic mass is 10.0. The van der Waals surface area contributed by atoms with Gasteiger partial charge in [0.25, 0.3) is 5.91 Å². The van der Waals surface area contributed by atoms with Gasteiger partial charge in [-0.1, -0.05) is 0 Å². The minimum absolute atomic E-state index is 0.0760. The van der Waals surface area contributed by atoms with Gasteiger partial charge in [0.2, 0.25) is 10.0 Å². The summed E-state index contributed by atoms with van der Waals surface area (Å²) in [6.07, 6.45) is 3.34. The second-order valence-electron chi connectivity index (χ2n) is 7.31. The van der Waals surface area contributed by atoms with Crippen LogP contribution >= 0.6 is 0 Å². The van der Waals surface area contributed by atoms with Gasteiger partial charge in [-0.2, -0.15) is 0 Å². The van der Waals surface area contributed by atoms with Crippen molar-refractivity contribution >= 4 is 15.9 Å². The molecule has 8 heteroatoms. The Morgan fingerprint density at radius 3 is 2.43 bits per heavy atom. The molecule has 0 radical (unpaired) electrons. The first-order chi connectivity index (χ1) is 13.3. The highest BCUT2D eigenvalue weighted by Gasteiger charge is 2.22. The lowest BCUT2D eigenvalue weighted by molar-refractivity contribution is 0.0900. The van der Waals surface area contributed by atoms with Crippen LogP contribution in [0, 0.1) is 0 Å². The monoisotopic (exact) mass is 405 g/mol. The number of amides is 1. The van der Waals surface area contributed by atoms with Gasteiger partial charge >= 0.3 is 0 Å². The molecule has 28 heavy (non-hydrogen) atoms. The van der Waals surface area contributed by atoms with Crippen LogP contribution in [0.25, 0.3) is 0 Å². The minimum atomic E-state index is -3.67. The van der Waals surface area contributed by atoms with Crippen molar-refractivity contribution in [2.45, 2.75) is 50.2 Å². The van der Waals surface area contributed by atoms with Crippen LogP contribution in [-0.2, 0) is 16.6 Å². The van der Waals surface area contributed by atoms with E-state index in [1.165, 1.54) is 18.4 Å². The van der Waals surface area contributed by atoms with Crippen molar-refractivity contribution < 1.29 is 17.6 Å². The fourth-order valence-electron chi connectivity index (χ4n) is 3.28. The van der Waals surface area contributed by atoms with Crippen molar-refractivity contribution in [3.05, 3.63) is 54.0 Å². The molecular weight excluding hydrogens is 378 g/mol. The number of likely N-dealkylation sites (tertiary alicyclic amines) is 1. The summed E-state index contributed by atoms with van der Waals surface area (Å²) in [5.74, 6) is 0.360. The van der Waals surface area contributed by atoms with Crippen LogP contribution in [0.4, 0.5) is 0 Å². The summed E-state index contributed by atoms with van der Waals surface area (Å²) in [6.45, 7) is 6.38. The summed E-state index contributed by atoms with van der Waals surface area (Å²) in [6, 6.07) is 10.0. The Hall–Kier alpha value is -2.16. The average molecular weight is 406 g/mol. The van der Waals surface area contributed by atoms with E-state index < -0.39 is 10.0 Å². The topological polar surface area (TPSA) is 91.7 Å². The maximum atomic E-state index is 12.5. The second-order valence-corrected chi connectivity index (χ2v) is 9.07. The third-order valence-electron chi connectivity index (χ3n) is 5.04. The van der Waals surface area contributed by atoms with Gasteiger partial charge < -0.3 is 14.6 Å². The van der Waals surface area contributed by atoms with Gasteiger partial charge in [-0.25, -0.2) is 13.1 Å². The van der Waals surface area contributed by atoms with Crippen molar-refractivity contribution in [1.29, 1.82) is 0 Å². The van der Waals surface area contributed by atoms with E-state index in [-0.39, 0.29) is 23.4 Å². The van der Waals surface area contributed by atoms with Gasteiger partial charge in [-0.05, 0) is 63.1 Å². The highest BCUT2D eigenvalue weighted by molar-refractivity contribution is 7.89. The number of furan rings is 1. The smallest absolute Gasteiger partial charge is 0.251 e. The fourth-order valence-corrected chi connectivity index (χ4v) is 4.27. The van der Waals surface area contributed by atoms with Crippen LogP contribution in [0.5, 0.6) is 0 Å². The van der Waals surface area contributed by atoms with Crippen LogP contribution in [0.15, 0.2) is 52.0 Å². The van der Waals surface area contributed by atoms with Gasteiger partial charge in [-0.3, -0.25) is 4.79 Å². The molecule has 0 bridgehead atoms. The highest BCUT2D eigenvalue weighted by atomic mass is 32.2. The molecule has 152 valence electrons. The lowest BCUT2D eigenvalue weighted by Crippen LogP contribution is -2.46. The number of benzene rings is 1. The van der Waals surface area contributed by atoms with Crippen LogP contribution in [0.1, 0.15) is 42.8 Å². The van der Waals surface area contributed by atoms with Gasteiger partial charge in [0, 0.05) is 30.7 Å². The lowest BCUT2D eigenvalue weighted by Gasteiger charge is -2.34. The first-order valence-electron chi connectivity index (χ1n) is 9.52. The van der Waals surface area contributed by atoms with E-state index in [1.807, 2.05) is 0 Å².